The van der Waals surface area contributed by atoms with Crippen molar-refractivity contribution in [1.82, 2.24) is 4.90 Å². The van der Waals surface area contributed by atoms with Crippen LogP contribution in [-0.4, -0.2) is 41.8 Å². The van der Waals surface area contributed by atoms with Crippen LogP contribution < -0.4 is 0 Å². The first-order valence-electron chi connectivity index (χ1n) is 7.14. The van der Waals surface area contributed by atoms with Crippen molar-refractivity contribution in [2.24, 2.45) is 0 Å². The maximum absolute atomic E-state index is 10.5. The van der Waals surface area contributed by atoms with E-state index in [1.54, 1.807) is 0 Å². The zero-order chi connectivity index (χ0) is 15.2. The molecule has 0 aromatic heterocycles. The summed E-state index contributed by atoms with van der Waals surface area (Å²) in [6, 6.07) is 7.93. The third-order valence-corrected chi connectivity index (χ3v) is 3.84. The summed E-state index contributed by atoms with van der Waals surface area (Å²) in [4.78, 5) is 12.8. The van der Waals surface area contributed by atoms with Crippen molar-refractivity contribution in [3.63, 3.8) is 0 Å². The van der Waals surface area contributed by atoms with Gasteiger partial charge in [-0.15, -0.1) is 0 Å². The van der Waals surface area contributed by atoms with E-state index in [1.165, 1.54) is 5.56 Å². The molecular weight excluding hydrogens is 268 g/mol. The fourth-order valence-corrected chi connectivity index (χ4v) is 2.61. The molecule has 0 bridgehead atoms. The van der Waals surface area contributed by atoms with Gasteiger partial charge in [0.25, 0.3) is 0 Å². The van der Waals surface area contributed by atoms with Gasteiger partial charge in [-0.1, -0.05) is 6.07 Å². The standard InChI is InChI=1S/C16H20N2O3/c1-12-8-13(9-17)2-3-14(12)10-18-6-4-15(5-7-18)21-11-16(19)20/h2-3,8,15H,4-7,10-11H2,1H3,(H,19,20). The van der Waals surface area contributed by atoms with Crippen LogP contribution >= 0.6 is 0 Å². The number of hydrogen-bond donors (Lipinski definition) is 1. The third-order valence-electron chi connectivity index (χ3n) is 3.84. The number of aryl methyl sites for hydroxylation is 1. The minimum atomic E-state index is -0.911. The Morgan fingerprint density at radius 1 is 1.48 bits per heavy atom. The highest BCUT2D eigenvalue weighted by atomic mass is 16.5. The SMILES string of the molecule is Cc1cc(C#N)ccc1CN1CCC(OCC(=O)O)CC1. The molecule has 112 valence electrons. The Labute approximate surface area is 124 Å². The molecule has 1 saturated heterocycles. The average Bonchev–Trinajstić information content (AvgIpc) is 2.48. The Balaban J connectivity index is 1.83. The van der Waals surface area contributed by atoms with Crippen LogP contribution in [0.2, 0.25) is 0 Å². The molecule has 21 heavy (non-hydrogen) atoms. The van der Waals surface area contributed by atoms with Crippen LogP contribution in [0, 0.1) is 18.3 Å². The van der Waals surface area contributed by atoms with Crippen LogP contribution in [0.15, 0.2) is 18.2 Å². The molecule has 1 fully saturated rings. The zero-order valence-electron chi connectivity index (χ0n) is 12.2. The second-order valence-electron chi connectivity index (χ2n) is 5.43. The van der Waals surface area contributed by atoms with Gasteiger partial charge < -0.3 is 9.84 Å². The van der Waals surface area contributed by atoms with Gasteiger partial charge in [-0.2, -0.15) is 5.26 Å². The van der Waals surface area contributed by atoms with Crippen LogP contribution in [0.5, 0.6) is 0 Å². The number of nitrogens with zero attached hydrogens (tertiary/aromatic N) is 2. The predicted octanol–water partition coefficient (Wildman–Crippen LogP) is 1.93. The first kappa shape index (κ1) is 15.5. The van der Waals surface area contributed by atoms with Crippen molar-refractivity contribution in [2.75, 3.05) is 19.7 Å². The Bertz CT molecular complexity index is 543. The van der Waals surface area contributed by atoms with Crippen molar-refractivity contribution in [3.05, 3.63) is 34.9 Å². The average molecular weight is 288 g/mol. The highest BCUT2D eigenvalue weighted by Crippen LogP contribution is 2.18. The number of rotatable bonds is 5. The molecular formula is C16H20N2O3. The van der Waals surface area contributed by atoms with Crippen LogP contribution in [0.3, 0.4) is 0 Å². The van der Waals surface area contributed by atoms with Gasteiger partial charge in [0.2, 0.25) is 0 Å². The summed E-state index contributed by atoms with van der Waals surface area (Å²) >= 11 is 0. The Kier molecular flexibility index (Phi) is 5.32. The predicted molar refractivity (Wildman–Crippen MR) is 77.8 cm³/mol. The van der Waals surface area contributed by atoms with E-state index in [2.05, 4.69) is 11.0 Å². The number of aliphatic carboxylic acids is 1. The largest absolute Gasteiger partial charge is 0.480 e. The molecule has 1 aliphatic rings. The fourth-order valence-electron chi connectivity index (χ4n) is 2.61. The minimum absolute atomic E-state index is 0.0550. The first-order valence-corrected chi connectivity index (χ1v) is 7.14. The maximum Gasteiger partial charge on any atom is 0.329 e. The summed E-state index contributed by atoms with van der Waals surface area (Å²) in [5.41, 5.74) is 3.06. The summed E-state index contributed by atoms with van der Waals surface area (Å²) in [6.45, 7) is 4.49. The number of ether oxygens (including phenoxy) is 1. The van der Waals surface area contributed by atoms with Crippen LogP contribution in [0.1, 0.15) is 29.5 Å². The van der Waals surface area contributed by atoms with Gasteiger partial charge in [-0.3, -0.25) is 4.90 Å². The van der Waals surface area contributed by atoms with Crippen molar-refractivity contribution in [3.8, 4) is 6.07 Å². The maximum atomic E-state index is 10.5. The van der Waals surface area contributed by atoms with E-state index in [0.29, 0.717) is 5.56 Å². The molecule has 5 heteroatoms. The molecule has 2 rings (SSSR count). The lowest BCUT2D eigenvalue weighted by Gasteiger charge is -2.32. The van der Waals surface area contributed by atoms with Crippen LogP contribution in [-0.2, 0) is 16.1 Å². The number of carboxylic acid groups (broad SMARTS) is 1. The van der Waals surface area contributed by atoms with Crippen LogP contribution in [0.4, 0.5) is 0 Å². The fraction of sp³-hybridized carbons (Fsp3) is 0.500. The number of piperidine rings is 1. The Morgan fingerprint density at radius 3 is 2.76 bits per heavy atom. The number of hydrogen-bond acceptors (Lipinski definition) is 4. The molecule has 0 aliphatic carbocycles. The monoisotopic (exact) mass is 288 g/mol. The molecule has 1 heterocycles. The zero-order valence-corrected chi connectivity index (χ0v) is 12.2. The van der Waals surface area contributed by atoms with E-state index in [9.17, 15) is 4.79 Å². The normalized spacial score (nSPS) is 16.6. The van der Waals surface area contributed by atoms with Gasteiger partial charge in [-0.05, 0) is 43.0 Å². The summed E-state index contributed by atoms with van der Waals surface area (Å²) in [7, 11) is 0. The van der Waals surface area contributed by atoms with E-state index in [-0.39, 0.29) is 12.7 Å². The van der Waals surface area contributed by atoms with Gasteiger partial charge in [0.15, 0.2) is 0 Å². The minimum Gasteiger partial charge on any atom is -0.480 e. The molecule has 0 amide bonds. The van der Waals surface area contributed by atoms with Crippen molar-refractivity contribution >= 4 is 5.97 Å². The molecule has 0 spiro atoms. The lowest BCUT2D eigenvalue weighted by atomic mass is 10.0. The molecule has 1 aromatic carbocycles. The molecule has 0 unspecified atom stereocenters. The lowest BCUT2D eigenvalue weighted by molar-refractivity contribution is -0.145. The van der Waals surface area contributed by atoms with E-state index < -0.39 is 5.97 Å². The van der Waals surface area contributed by atoms with E-state index in [4.69, 9.17) is 15.1 Å². The highest BCUT2D eigenvalue weighted by Gasteiger charge is 2.20. The first-order chi connectivity index (χ1) is 10.1. The number of benzene rings is 1. The highest BCUT2D eigenvalue weighted by molar-refractivity contribution is 5.68. The molecule has 1 N–H and O–H groups in total. The topological polar surface area (TPSA) is 73.6 Å². The van der Waals surface area contributed by atoms with Gasteiger partial charge >= 0.3 is 5.97 Å². The van der Waals surface area contributed by atoms with Gasteiger partial charge in [0, 0.05) is 19.6 Å². The molecule has 5 nitrogen and oxygen atoms in total. The van der Waals surface area contributed by atoms with Gasteiger partial charge in [0.1, 0.15) is 6.61 Å². The number of carboxylic acids is 1. The van der Waals surface area contributed by atoms with E-state index in [1.807, 2.05) is 25.1 Å². The molecule has 1 aliphatic heterocycles. The number of likely N-dealkylation sites (tertiary alicyclic amines) is 1. The van der Waals surface area contributed by atoms with Crippen LogP contribution in [0.25, 0.3) is 0 Å². The second kappa shape index (κ2) is 7.21. The number of carbonyl (C=O) groups is 1. The molecule has 0 atom stereocenters. The summed E-state index contributed by atoms with van der Waals surface area (Å²) in [6.07, 6.45) is 1.78. The molecule has 0 saturated carbocycles. The summed E-state index contributed by atoms with van der Waals surface area (Å²) < 4.78 is 5.33. The molecule has 0 radical (unpaired) electrons. The molecule has 1 aromatic rings. The van der Waals surface area contributed by atoms with Crippen molar-refractivity contribution in [1.29, 1.82) is 5.26 Å². The Morgan fingerprint density at radius 2 is 2.19 bits per heavy atom. The van der Waals surface area contributed by atoms with Gasteiger partial charge in [0.05, 0.1) is 17.7 Å². The second-order valence-corrected chi connectivity index (χ2v) is 5.43. The van der Waals surface area contributed by atoms with E-state index in [0.717, 1.165) is 38.0 Å². The van der Waals surface area contributed by atoms with Crippen molar-refractivity contribution in [2.45, 2.75) is 32.4 Å². The van der Waals surface area contributed by atoms with E-state index >= 15 is 0 Å². The van der Waals surface area contributed by atoms with Crippen molar-refractivity contribution < 1.29 is 14.6 Å². The van der Waals surface area contributed by atoms with Gasteiger partial charge in [-0.25, -0.2) is 4.79 Å². The Hall–Kier alpha value is -1.90. The quantitative estimate of drug-likeness (QED) is 0.896. The number of nitriles is 1. The summed E-state index contributed by atoms with van der Waals surface area (Å²) in [5, 5.41) is 17.5. The smallest absolute Gasteiger partial charge is 0.329 e. The third kappa shape index (κ3) is 4.55. The lowest BCUT2D eigenvalue weighted by Crippen LogP contribution is -2.37. The summed E-state index contributed by atoms with van der Waals surface area (Å²) in [5.74, 6) is -0.911.